The normalized spacial score (nSPS) is 12.2. The highest BCUT2D eigenvalue weighted by Gasteiger charge is 2.16. The van der Waals surface area contributed by atoms with Crippen molar-refractivity contribution in [3.05, 3.63) is 22.8 Å². The van der Waals surface area contributed by atoms with Crippen LogP contribution in [-0.4, -0.2) is 36.9 Å². The topological polar surface area (TPSA) is 51.2 Å². The van der Waals surface area contributed by atoms with Crippen LogP contribution in [0.3, 0.4) is 0 Å². The van der Waals surface area contributed by atoms with E-state index in [-0.39, 0.29) is 12.0 Å². The van der Waals surface area contributed by atoms with Crippen molar-refractivity contribution in [1.82, 2.24) is 10.3 Å². The number of pyridine rings is 1. The molecule has 1 atom stereocenters. The molecule has 4 nitrogen and oxygen atoms in total. The van der Waals surface area contributed by atoms with Gasteiger partial charge in [-0.2, -0.15) is 0 Å². The van der Waals surface area contributed by atoms with Crippen LogP contribution in [0.2, 0.25) is 0 Å². The quantitative estimate of drug-likeness (QED) is 0.643. The number of nitrogens with one attached hydrogen (secondary N) is 1. The van der Waals surface area contributed by atoms with Crippen LogP contribution in [0.5, 0.6) is 0 Å². The maximum absolute atomic E-state index is 11.3. The first kappa shape index (κ1) is 14.5. The molecular formula is C11H15BrN2O2S. The van der Waals surface area contributed by atoms with E-state index >= 15 is 0 Å². The van der Waals surface area contributed by atoms with E-state index in [4.69, 9.17) is 0 Å². The summed E-state index contributed by atoms with van der Waals surface area (Å²) in [6.07, 6.45) is 2.48. The molecule has 1 aromatic rings. The average Bonchev–Trinajstić information content (AvgIpc) is 2.36. The Hall–Kier alpha value is -0.590. The highest BCUT2D eigenvalue weighted by molar-refractivity contribution is 9.10. The van der Waals surface area contributed by atoms with E-state index in [1.165, 1.54) is 7.11 Å². The first-order valence-electron chi connectivity index (χ1n) is 5.17. The molecule has 0 aliphatic rings. The van der Waals surface area contributed by atoms with Crippen molar-refractivity contribution >= 4 is 33.7 Å². The van der Waals surface area contributed by atoms with Gasteiger partial charge in [0, 0.05) is 16.4 Å². The van der Waals surface area contributed by atoms with E-state index < -0.39 is 0 Å². The number of nitrogens with zero attached hydrogens (tertiary/aromatic N) is 1. The smallest absolute Gasteiger partial charge is 0.322 e. The molecule has 0 radical (unpaired) electrons. The number of esters is 1. The predicted octanol–water partition coefficient (Wildman–Crippen LogP) is 2.09. The number of ether oxygens (including phenoxy) is 1. The van der Waals surface area contributed by atoms with Crippen molar-refractivity contribution in [1.29, 1.82) is 0 Å². The van der Waals surface area contributed by atoms with Crippen LogP contribution >= 0.6 is 27.7 Å². The Bertz CT molecular complexity index is 359. The van der Waals surface area contributed by atoms with E-state index in [9.17, 15) is 4.79 Å². The minimum absolute atomic E-state index is 0.225. The summed E-state index contributed by atoms with van der Waals surface area (Å²) in [5.74, 6) is 0.590. The summed E-state index contributed by atoms with van der Waals surface area (Å²) in [4.78, 5) is 15.6. The van der Waals surface area contributed by atoms with Gasteiger partial charge in [0.15, 0.2) is 0 Å². The largest absolute Gasteiger partial charge is 0.468 e. The number of thioether (sulfide) groups is 1. The number of rotatable bonds is 6. The summed E-state index contributed by atoms with van der Waals surface area (Å²) >= 11 is 4.95. The lowest BCUT2D eigenvalue weighted by molar-refractivity contribution is -0.143. The first-order chi connectivity index (χ1) is 8.17. The van der Waals surface area contributed by atoms with E-state index in [1.807, 2.05) is 12.1 Å². The van der Waals surface area contributed by atoms with Gasteiger partial charge in [-0.05, 0) is 41.5 Å². The fourth-order valence-corrected chi connectivity index (χ4v) is 2.34. The zero-order chi connectivity index (χ0) is 12.7. The van der Waals surface area contributed by atoms with Crippen molar-refractivity contribution in [2.24, 2.45) is 0 Å². The van der Waals surface area contributed by atoms with Gasteiger partial charge in [-0.25, -0.2) is 4.98 Å². The zero-order valence-corrected chi connectivity index (χ0v) is 12.2. The second kappa shape index (κ2) is 7.68. The first-order valence-corrected chi connectivity index (χ1v) is 6.94. The maximum atomic E-state index is 11.3. The predicted molar refractivity (Wildman–Crippen MR) is 72.1 cm³/mol. The molecule has 0 fully saturated rings. The average molecular weight is 319 g/mol. The summed E-state index contributed by atoms with van der Waals surface area (Å²) in [6, 6.07) is 3.65. The monoisotopic (exact) mass is 318 g/mol. The third-order valence-corrected chi connectivity index (χ3v) is 3.64. The van der Waals surface area contributed by atoms with Gasteiger partial charge in [-0.15, -0.1) is 11.8 Å². The Kier molecular flexibility index (Phi) is 6.54. The van der Waals surface area contributed by atoms with E-state index in [2.05, 4.69) is 31.0 Å². The number of aromatic nitrogens is 1. The number of carbonyl (C=O) groups is 1. The molecule has 0 saturated heterocycles. The summed E-state index contributed by atoms with van der Waals surface area (Å²) in [6.45, 7) is 0. The highest BCUT2D eigenvalue weighted by Crippen LogP contribution is 2.18. The van der Waals surface area contributed by atoms with Crippen LogP contribution in [-0.2, 0) is 9.53 Å². The number of hydrogen-bond acceptors (Lipinski definition) is 5. The molecule has 0 bridgehead atoms. The lowest BCUT2D eigenvalue weighted by Crippen LogP contribution is -2.35. The van der Waals surface area contributed by atoms with Gasteiger partial charge in [-0.3, -0.25) is 4.79 Å². The van der Waals surface area contributed by atoms with E-state index in [1.54, 1.807) is 25.0 Å². The number of methoxy groups -OCH3 is 1. The van der Waals surface area contributed by atoms with Gasteiger partial charge in [0.25, 0.3) is 0 Å². The van der Waals surface area contributed by atoms with Crippen LogP contribution < -0.4 is 5.32 Å². The third kappa shape index (κ3) is 5.06. The van der Waals surface area contributed by atoms with Crippen LogP contribution in [0.15, 0.2) is 27.8 Å². The second-order valence-electron chi connectivity index (χ2n) is 3.32. The molecular weight excluding hydrogens is 304 g/mol. The molecule has 17 heavy (non-hydrogen) atoms. The molecule has 0 aliphatic heterocycles. The Labute approximate surface area is 114 Å². The van der Waals surface area contributed by atoms with Crippen molar-refractivity contribution in [2.45, 2.75) is 17.5 Å². The zero-order valence-electron chi connectivity index (χ0n) is 9.77. The Morgan fingerprint density at radius 3 is 2.94 bits per heavy atom. The molecule has 0 saturated carbocycles. The summed E-state index contributed by atoms with van der Waals surface area (Å²) < 4.78 is 5.65. The van der Waals surface area contributed by atoms with Crippen LogP contribution in [0, 0.1) is 0 Å². The molecule has 6 heteroatoms. The summed E-state index contributed by atoms with van der Waals surface area (Å²) in [5.41, 5.74) is 0. The maximum Gasteiger partial charge on any atom is 0.322 e. The fraction of sp³-hybridized carbons (Fsp3) is 0.455. The van der Waals surface area contributed by atoms with Crippen LogP contribution in [0.25, 0.3) is 0 Å². The van der Waals surface area contributed by atoms with Crippen molar-refractivity contribution < 1.29 is 9.53 Å². The molecule has 1 heterocycles. The summed E-state index contributed by atoms with van der Waals surface area (Å²) in [7, 11) is 3.15. The minimum Gasteiger partial charge on any atom is -0.468 e. The number of halogens is 1. The lowest BCUT2D eigenvalue weighted by Gasteiger charge is -2.12. The molecule has 94 valence electrons. The number of hydrogen-bond donors (Lipinski definition) is 1. The van der Waals surface area contributed by atoms with Gasteiger partial charge in [0.05, 0.1) is 12.1 Å². The van der Waals surface area contributed by atoms with Gasteiger partial charge in [0.1, 0.15) is 6.04 Å². The minimum atomic E-state index is -0.247. The van der Waals surface area contributed by atoms with E-state index in [0.29, 0.717) is 6.42 Å². The Balaban J connectivity index is 2.36. The van der Waals surface area contributed by atoms with Crippen LogP contribution in [0.1, 0.15) is 6.42 Å². The van der Waals surface area contributed by atoms with Crippen LogP contribution in [0.4, 0.5) is 0 Å². The summed E-state index contributed by atoms with van der Waals surface area (Å²) in [5, 5.41) is 3.88. The van der Waals surface area contributed by atoms with Gasteiger partial charge >= 0.3 is 5.97 Å². The molecule has 0 amide bonds. The molecule has 1 rings (SSSR count). The molecule has 1 N–H and O–H groups in total. The van der Waals surface area contributed by atoms with Gasteiger partial charge in [0.2, 0.25) is 0 Å². The fourth-order valence-electron chi connectivity index (χ4n) is 1.25. The van der Waals surface area contributed by atoms with Crippen molar-refractivity contribution in [3.63, 3.8) is 0 Å². The molecule has 0 spiro atoms. The molecule has 1 unspecified atom stereocenters. The van der Waals surface area contributed by atoms with Gasteiger partial charge < -0.3 is 10.1 Å². The second-order valence-corrected chi connectivity index (χ2v) is 5.35. The Morgan fingerprint density at radius 2 is 2.41 bits per heavy atom. The molecule has 1 aromatic heterocycles. The van der Waals surface area contributed by atoms with Crippen molar-refractivity contribution in [2.75, 3.05) is 19.9 Å². The Morgan fingerprint density at radius 1 is 1.65 bits per heavy atom. The number of carbonyl (C=O) groups excluding carboxylic acids is 1. The SMILES string of the molecule is CNC(CCSc1ccc(Br)cn1)C(=O)OC. The van der Waals surface area contributed by atoms with Crippen molar-refractivity contribution in [3.8, 4) is 0 Å². The lowest BCUT2D eigenvalue weighted by atomic mass is 10.2. The molecule has 0 aromatic carbocycles. The van der Waals surface area contributed by atoms with E-state index in [0.717, 1.165) is 15.3 Å². The molecule has 0 aliphatic carbocycles. The standard InChI is InChI=1S/C11H15BrN2O2S/c1-13-9(11(15)16-2)5-6-17-10-4-3-8(12)7-14-10/h3-4,7,9,13H,5-6H2,1-2H3. The van der Waals surface area contributed by atoms with Gasteiger partial charge in [-0.1, -0.05) is 0 Å². The highest BCUT2D eigenvalue weighted by atomic mass is 79.9. The third-order valence-electron chi connectivity index (χ3n) is 2.19. The number of likely N-dealkylation sites (N-methyl/N-ethyl adjacent to an activating group) is 1.